The van der Waals surface area contributed by atoms with Crippen LogP contribution < -0.4 is 16.0 Å². The maximum Gasteiger partial charge on any atom is 0.408 e. The summed E-state index contributed by atoms with van der Waals surface area (Å²) < 4.78 is 18.9. The fraction of sp³-hybridized carbons (Fsp3) is 0.375. The molecule has 12 heteroatoms. The van der Waals surface area contributed by atoms with Gasteiger partial charge in [0.25, 0.3) is 0 Å². The highest BCUT2D eigenvalue weighted by Gasteiger charge is 2.39. The molecule has 2 amide bonds. The van der Waals surface area contributed by atoms with Crippen molar-refractivity contribution in [3.05, 3.63) is 137 Å². The molecule has 0 aliphatic carbocycles. The van der Waals surface area contributed by atoms with E-state index in [0.717, 1.165) is 35.1 Å². The van der Waals surface area contributed by atoms with E-state index < -0.39 is 29.3 Å². The molecule has 0 aliphatic rings. The maximum absolute atomic E-state index is 14.4. The number of aryl methyl sites for hydroxylation is 1. The van der Waals surface area contributed by atoms with Crippen LogP contribution in [-0.4, -0.2) is 50.7 Å². The summed E-state index contributed by atoms with van der Waals surface area (Å²) in [4.78, 5) is 32.0. The van der Waals surface area contributed by atoms with Crippen molar-refractivity contribution in [1.82, 2.24) is 35.9 Å². The lowest BCUT2D eigenvalue weighted by Crippen LogP contribution is -2.48. The summed E-state index contributed by atoms with van der Waals surface area (Å²) in [6.07, 6.45) is 4.79. The molecule has 0 unspecified atom stereocenters. The fourth-order valence-electron chi connectivity index (χ4n) is 5.89. The van der Waals surface area contributed by atoms with Crippen LogP contribution in [0.25, 0.3) is 0 Å². The number of ether oxygens (including phenoxy) is 2. The molecule has 12 nitrogen and oxygen atoms in total. The Morgan fingerprint density at radius 2 is 1.48 bits per heavy atom. The van der Waals surface area contributed by atoms with Crippen molar-refractivity contribution in [3.63, 3.8) is 0 Å². The predicted octanol–water partition coefficient (Wildman–Crippen LogP) is 6.51. The second kappa shape index (κ2) is 17.7. The van der Waals surface area contributed by atoms with E-state index in [4.69, 9.17) is 19.0 Å². The Hall–Kier alpha value is -5.33. The second-order valence-corrected chi connectivity index (χ2v) is 13.7. The Bertz CT molecular complexity index is 1740. The minimum absolute atomic E-state index is 0.0483. The Morgan fingerprint density at radius 1 is 0.885 bits per heavy atom. The number of nitrogens with one attached hydrogen (secondary N) is 3. The molecule has 0 fully saturated rings. The number of benzene rings is 3. The first-order valence-corrected chi connectivity index (χ1v) is 17.7. The van der Waals surface area contributed by atoms with Crippen LogP contribution in [0.15, 0.2) is 108 Å². The van der Waals surface area contributed by atoms with Gasteiger partial charge >= 0.3 is 6.09 Å². The van der Waals surface area contributed by atoms with E-state index >= 15 is 0 Å². The monoisotopic (exact) mass is 707 g/mol. The molecule has 5 rings (SSSR count). The molecule has 0 saturated carbocycles. The molecule has 52 heavy (non-hydrogen) atoms. The van der Waals surface area contributed by atoms with E-state index in [1.807, 2.05) is 104 Å². The van der Waals surface area contributed by atoms with Gasteiger partial charge in [-0.2, -0.15) is 10.1 Å². The normalized spacial score (nSPS) is 12.9. The predicted molar refractivity (Wildman–Crippen MR) is 197 cm³/mol. The number of carbonyl (C=O) groups is 2. The molecule has 3 N–H and O–H groups in total. The third-order valence-electron chi connectivity index (χ3n) is 8.33. The zero-order valence-electron chi connectivity index (χ0n) is 30.5. The first kappa shape index (κ1) is 37.9. The number of hydrogen-bond donors (Lipinski definition) is 3. The lowest BCUT2D eigenvalue weighted by Gasteiger charge is -2.37. The highest BCUT2D eigenvalue weighted by atomic mass is 16.6. The summed E-state index contributed by atoms with van der Waals surface area (Å²) in [5, 5.41) is 18.2. The number of alkyl carbamates (subject to hydrolysis) is 1. The molecule has 0 saturated heterocycles. The van der Waals surface area contributed by atoms with Crippen molar-refractivity contribution in [1.29, 1.82) is 0 Å². The van der Waals surface area contributed by atoms with Gasteiger partial charge in [-0.15, -0.1) is 0 Å². The largest absolute Gasteiger partial charge is 0.444 e. The summed E-state index contributed by atoms with van der Waals surface area (Å²) in [6.45, 7) is 8.44. The van der Waals surface area contributed by atoms with Gasteiger partial charge in [-0.05, 0) is 43.9 Å². The van der Waals surface area contributed by atoms with E-state index in [9.17, 15) is 9.59 Å². The summed E-state index contributed by atoms with van der Waals surface area (Å²) in [6, 6.07) is 28.3. The molecule has 0 bridgehead atoms. The van der Waals surface area contributed by atoms with Crippen molar-refractivity contribution in [3.8, 4) is 0 Å². The topological polar surface area (TPSA) is 145 Å². The van der Waals surface area contributed by atoms with Gasteiger partial charge in [0, 0.05) is 32.0 Å². The lowest BCUT2D eigenvalue weighted by molar-refractivity contribution is -0.123. The number of rotatable bonds is 17. The van der Waals surface area contributed by atoms with Crippen LogP contribution in [0.1, 0.15) is 93.0 Å². The average Bonchev–Trinajstić information content (AvgIpc) is 3.80. The van der Waals surface area contributed by atoms with Crippen LogP contribution in [0.5, 0.6) is 0 Å². The van der Waals surface area contributed by atoms with Crippen molar-refractivity contribution >= 4 is 12.0 Å². The molecule has 2 atom stereocenters. The van der Waals surface area contributed by atoms with E-state index in [1.165, 1.54) is 0 Å². The van der Waals surface area contributed by atoms with E-state index in [0.29, 0.717) is 13.2 Å². The Labute approximate surface area is 305 Å². The molecule has 2 aromatic heterocycles. The lowest BCUT2D eigenvalue weighted by atomic mass is 9.77. The van der Waals surface area contributed by atoms with Crippen LogP contribution >= 0.6 is 0 Å². The first-order chi connectivity index (χ1) is 25.1. The molecular weight excluding hydrogens is 658 g/mol. The summed E-state index contributed by atoms with van der Waals surface area (Å²) in [7, 11) is 1.84. The van der Waals surface area contributed by atoms with Crippen LogP contribution in [0.2, 0.25) is 0 Å². The highest BCUT2D eigenvalue weighted by molar-refractivity contribution is 5.79. The molecule has 3 aromatic carbocycles. The standard InChI is InChI=1S/C40H49N7O5/c1-6-7-23-50-28-34(43-38(49)51-39(2,3)4)36-44-37(52-46-36)33(41-25-29-26-42-47(5)27-29)24-35(48)45-40(30-17-11-8-12-18-30,31-19-13-9-14-20-31)32-21-15-10-16-22-32/h8-22,26-27,33-34,41H,6-7,23-25,28H2,1-5H3,(H,43,49)(H,45,48)/t33-,34-/m0/s1. The van der Waals surface area contributed by atoms with Crippen LogP contribution in [0.3, 0.4) is 0 Å². The summed E-state index contributed by atoms with van der Waals surface area (Å²) in [5.74, 6) is 0.132. The minimum atomic E-state index is -1.01. The van der Waals surface area contributed by atoms with Gasteiger partial charge < -0.3 is 29.9 Å². The van der Waals surface area contributed by atoms with E-state index in [2.05, 4.69) is 33.1 Å². The summed E-state index contributed by atoms with van der Waals surface area (Å²) >= 11 is 0. The first-order valence-electron chi connectivity index (χ1n) is 17.7. The van der Waals surface area contributed by atoms with Crippen LogP contribution in [0, 0.1) is 0 Å². The Kier molecular flexibility index (Phi) is 12.9. The van der Waals surface area contributed by atoms with Gasteiger partial charge in [0.2, 0.25) is 11.8 Å². The smallest absolute Gasteiger partial charge is 0.408 e. The van der Waals surface area contributed by atoms with Crippen molar-refractivity contribution in [2.45, 2.75) is 76.7 Å². The third kappa shape index (κ3) is 10.1. The number of amides is 2. The Morgan fingerprint density at radius 3 is 2.00 bits per heavy atom. The quantitative estimate of drug-likeness (QED) is 0.0727. The van der Waals surface area contributed by atoms with Crippen molar-refractivity contribution < 1.29 is 23.6 Å². The van der Waals surface area contributed by atoms with Crippen LogP contribution in [0.4, 0.5) is 4.79 Å². The van der Waals surface area contributed by atoms with Gasteiger partial charge in [0.1, 0.15) is 17.2 Å². The number of aromatic nitrogens is 4. The number of hydrogen-bond acceptors (Lipinski definition) is 9. The van der Waals surface area contributed by atoms with Gasteiger partial charge in [0.05, 0.1) is 25.3 Å². The minimum Gasteiger partial charge on any atom is -0.444 e. The highest BCUT2D eigenvalue weighted by Crippen LogP contribution is 2.37. The zero-order chi connectivity index (χ0) is 37.0. The van der Waals surface area contributed by atoms with Crippen molar-refractivity contribution in [2.24, 2.45) is 7.05 Å². The fourth-order valence-corrected chi connectivity index (χ4v) is 5.89. The van der Waals surface area contributed by atoms with E-state index in [1.54, 1.807) is 31.6 Å². The molecule has 274 valence electrons. The van der Waals surface area contributed by atoms with Gasteiger partial charge in [-0.3, -0.25) is 9.48 Å². The van der Waals surface area contributed by atoms with E-state index in [-0.39, 0.29) is 30.7 Å². The molecule has 2 heterocycles. The maximum atomic E-state index is 14.4. The molecular formula is C40H49N7O5. The number of nitrogens with zero attached hydrogens (tertiary/aromatic N) is 4. The number of unbranched alkanes of at least 4 members (excludes halogenated alkanes) is 1. The molecule has 5 aromatic rings. The summed E-state index contributed by atoms with van der Waals surface area (Å²) in [5.41, 5.74) is 1.91. The van der Waals surface area contributed by atoms with Crippen LogP contribution in [-0.2, 0) is 33.4 Å². The Balaban J connectivity index is 1.47. The molecule has 0 aliphatic heterocycles. The SMILES string of the molecule is CCCCOC[C@H](NC(=O)OC(C)(C)C)c1noc([C@H](CC(=O)NC(c2ccccc2)(c2ccccc2)c2ccccc2)NCc2cnn(C)c2)n1. The second-order valence-electron chi connectivity index (χ2n) is 13.7. The number of carbonyl (C=O) groups excluding carboxylic acids is 2. The van der Waals surface area contributed by atoms with Gasteiger partial charge in [-0.1, -0.05) is 109 Å². The average molecular weight is 708 g/mol. The zero-order valence-corrected chi connectivity index (χ0v) is 30.5. The van der Waals surface area contributed by atoms with Gasteiger partial charge in [0.15, 0.2) is 5.82 Å². The third-order valence-corrected chi connectivity index (χ3v) is 8.33. The van der Waals surface area contributed by atoms with Gasteiger partial charge in [-0.25, -0.2) is 4.79 Å². The van der Waals surface area contributed by atoms with Crippen molar-refractivity contribution in [2.75, 3.05) is 13.2 Å². The molecule has 0 spiro atoms. The molecule has 0 radical (unpaired) electrons.